The van der Waals surface area contributed by atoms with E-state index in [0.717, 1.165) is 5.52 Å². The second-order valence-electron chi connectivity index (χ2n) is 5.62. The fourth-order valence-electron chi connectivity index (χ4n) is 2.45. The van der Waals surface area contributed by atoms with Gasteiger partial charge >= 0.3 is 5.91 Å². The van der Waals surface area contributed by atoms with Gasteiger partial charge < -0.3 is 14.4 Å². The normalized spacial score (nSPS) is 12.6. The van der Waals surface area contributed by atoms with Crippen molar-refractivity contribution in [3.8, 4) is 11.6 Å². The van der Waals surface area contributed by atoms with Gasteiger partial charge in [0.15, 0.2) is 11.8 Å². The number of aromatic nitrogens is 1. The number of carbonyl (C=O) groups excluding carboxylic acids is 1. The van der Waals surface area contributed by atoms with Crippen LogP contribution in [-0.2, 0) is 11.8 Å². The number of halogens is 2. The van der Waals surface area contributed by atoms with Gasteiger partial charge in [-0.2, -0.15) is 0 Å². The molecule has 1 heterocycles. The van der Waals surface area contributed by atoms with Crippen LogP contribution in [0.15, 0.2) is 52.7 Å². The van der Waals surface area contributed by atoms with E-state index in [1.807, 2.05) is 18.2 Å². The van der Waals surface area contributed by atoms with Crippen LogP contribution in [0.4, 0.5) is 5.69 Å². The first-order valence-corrected chi connectivity index (χ1v) is 8.47. The number of fused-ring (bicyclic) bond motifs is 1. The van der Waals surface area contributed by atoms with Crippen LogP contribution in [-0.4, -0.2) is 21.7 Å². The maximum absolute atomic E-state index is 12.2. The molecule has 1 N–H and O–H groups in total. The van der Waals surface area contributed by atoms with E-state index in [9.17, 15) is 9.90 Å². The fourth-order valence-corrected chi connectivity index (χ4v) is 2.90. The first kappa shape index (κ1) is 18.2. The molecule has 1 atom stereocenters. The molecule has 0 saturated carbocycles. The highest BCUT2D eigenvalue weighted by atomic mass is 35.5. The molecule has 0 saturated heterocycles. The fraction of sp³-hybridized carbons (Fsp3) is 0.167. The van der Waals surface area contributed by atoms with Crippen molar-refractivity contribution in [2.45, 2.75) is 13.0 Å². The highest BCUT2D eigenvalue weighted by Crippen LogP contribution is 2.37. The number of hydrogen-bond donors (Lipinski definition) is 1. The number of ether oxygens (including phenoxy) is 1. The minimum Gasteiger partial charge on any atom is -0.493 e. The van der Waals surface area contributed by atoms with Crippen LogP contribution >= 0.6 is 23.2 Å². The lowest BCUT2D eigenvalue weighted by Gasteiger charge is -2.12. The molecule has 0 radical (unpaired) electrons. The largest absolute Gasteiger partial charge is 0.493 e. The Kier molecular flexibility index (Phi) is 5.15. The number of azo groups is 1. The van der Waals surface area contributed by atoms with Crippen molar-refractivity contribution in [2.75, 3.05) is 0 Å². The van der Waals surface area contributed by atoms with Gasteiger partial charge in [-0.3, -0.25) is 4.79 Å². The molecule has 26 heavy (non-hydrogen) atoms. The van der Waals surface area contributed by atoms with E-state index < -0.39 is 12.0 Å². The smallest absolute Gasteiger partial charge is 0.304 e. The van der Waals surface area contributed by atoms with Crippen molar-refractivity contribution in [1.82, 2.24) is 4.57 Å². The van der Waals surface area contributed by atoms with Crippen LogP contribution in [0.2, 0.25) is 10.0 Å². The van der Waals surface area contributed by atoms with Crippen molar-refractivity contribution in [2.24, 2.45) is 17.3 Å². The maximum Gasteiger partial charge on any atom is 0.304 e. The van der Waals surface area contributed by atoms with Crippen LogP contribution in [0.5, 0.6) is 11.6 Å². The van der Waals surface area contributed by atoms with Crippen LogP contribution in [0.1, 0.15) is 6.92 Å². The van der Waals surface area contributed by atoms with E-state index in [1.165, 1.54) is 13.0 Å². The van der Waals surface area contributed by atoms with E-state index >= 15 is 0 Å². The summed E-state index contributed by atoms with van der Waals surface area (Å²) in [5, 5.41) is 19.3. The van der Waals surface area contributed by atoms with Crippen molar-refractivity contribution >= 4 is 45.7 Å². The molecule has 3 aromatic rings. The lowest BCUT2D eigenvalue weighted by molar-refractivity contribution is -0.124. The molecule has 2 aromatic carbocycles. The van der Waals surface area contributed by atoms with Crippen molar-refractivity contribution in [3.63, 3.8) is 0 Å². The van der Waals surface area contributed by atoms with Crippen LogP contribution in [0.25, 0.3) is 10.9 Å². The van der Waals surface area contributed by atoms with E-state index in [4.69, 9.17) is 27.9 Å². The minimum absolute atomic E-state index is 0.0722. The molecule has 8 heteroatoms. The Hall–Kier alpha value is -2.57. The SMILES string of the molecule is C[C@@H](Oc1ccc(Cl)cc1Cl)C(=O)N=Nc1c(O)n(C)c2ccccc12. The van der Waals surface area contributed by atoms with Gasteiger partial charge in [0.1, 0.15) is 5.75 Å². The molecule has 134 valence electrons. The monoisotopic (exact) mass is 391 g/mol. The standard InChI is InChI=1S/C18H15Cl2N3O3/c1-10(26-15-8-7-11(19)9-13(15)20)17(24)22-21-16-12-5-3-4-6-14(12)23(2)18(16)25/h3-10,25H,1-2H3/t10-/m1/s1. The quantitative estimate of drug-likeness (QED) is 0.615. The molecule has 0 aliphatic rings. The number of para-hydroxylation sites is 1. The average Bonchev–Trinajstić information content (AvgIpc) is 2.86. The Morgan fingerprint density at radius 3 is 2.69 bits per heavy atom. The number of hydrogen-bond acceptors (Lipinski definition) is 4. The third-order valence-electron chi connectivity index (χ3n) is 3.84. The molecule has 1 aromatic heterocycles. The third kappa shape index (κ3) is 3.52. The van der Waals surface area contributed by atoms with Gasteiger partial charge in [-0.1, -0.05) is 41.4 Å². The highest BCUT2D eigenvalue weighted by molar-refractivity contribution is 6.35. The summed E-state index contributed by atoms with van der Waals surface area (Å²) < 4.78 is 7.08. The number of rotatable bonds is 4. The van der Waals surface area contributed by atoms with E-state index in [0.29, 0.717) is 21.2 Å². The molecule has 0 spiro atoms. The first-order valence-electron chi connectivity index (χ1n) is 7.72. The van der Waals surface area contributed by atoms with Crippen LogP contribution < -0.4 is 4.74 Å². The van der Waals surface area contributed by atoms with Crippen molar-refractivity contribution in [1.29, 1.82) is 0 Å². The highest BCUT2D eigenvalue weighted by Gasteiger charge is 2.18. The Morgan fingerprint density at radius 1 is 1.23 bits per heavy atom. The molecule has 3 rings (SSSR count). The van der Waals surface area contributed by atoms with E-state index in [2.05, 4.69) is 10.2 Å². The molecule has 1 amide bonds. The second kappa shape index (κ2) is 7.35. The molecule has 0 aliphatic heterocycles. The Balaban J connectivity index is 1.80. The number of aryl methyl sites for hydroxylation is 1. The van der Waals surface area contributed by atoms with Crippen molar-refractivity contribution < 1.29 is 14.6 Å². The molecule has 0 aliphatic carbocycles. The third-order valence-corrected chi connectivity index (χ3v) is 4.37. The van der Waals surface area contributed by atoms with Gasteiger partial charge in [-0.15, -0.1) is 10.2 Å². The predicted molar refractivity (Wildman–Crippen MR) is 101 cm³/mol. The number of amides is 1. The zero-order valence-corrected chi connectivity index (χ0v) is 15.5. The summed E-state index contributed by atoms with van der Waals surface area (Å²) in [5.41, 5.74) is 1.01. The van der Waals surface area contributed by atoms with Gasteiger partial charge in [0.2, 0.25) is 5.88 Å². The minimum atomic E-state index is -0.908. The number of benzene rings is 2. The van der Waals surface area contributed by atoms with Gasteiger partial charge in [0.25, 0.3) is 0 Å². The molecular weight excluding hydrogens is 377 g/mol. The zero-order chi connectivity index (χ0) is 18.8. The van der Waals surface area contributed by atoms with Gasteiger partial charge in [0, 0.05) is 17.5 Å². The zero-order valence-electron chi connectivity index (χ0n) is 14.0. The first-order chi connectivity index (χ1) is 12.4. The summed E-state index contributed by atoms with van der Waals surface area (Å²) in [6.45, 7) is 1.54. The topological polar surface area (TPSA) is 76.2 Å². The number of aromatic hydroxyl groups is 1. The summed E-state index contributed by atoms with van der Waals surface area (Å²) in [6, 6.07) is 12.0. The summed E-state index contributed by atoms with van der Waals surface area (Å²) in [4.78, 5) is 12.2. The van der Waals surface area contributed by atoms with E-state index in [1.54, 1.807) is 29.8 Å². The summed E-state index contributed by atoms with van der Waals surface area (Å²) >= 11 is 11.9. The molecule has 0 bridgehead atoms. The summed E-state index contributed by atoms with van der Waals surface area (Å²) in [5.74, 6) is -0.361. The maximum atomic E-state index is 12.2. The Morgan fingerprint density at radius 2 is 1.96 bits per heavy atom. The summed E-state index contributed by atoms with van der Waals surface area (Å²) in [6.07, 6.45) is -0.908. The molecule has 6 nitrogen and oxygen atoms in total. The summed E-state index contributed by atoms with van der Waals surface area (Å²) in [7, 11) is 1.70. The number of nitrogens with zero attached hydrogens (tertiary/aromatic N) is 3. The average molecular weight is 392 g/mol. The van der Waals surface area contributed by atoms with Gasteiger partial charge in [0.05, 0.1) is 10.5 Å². The van der Waals surface area contributed by atoms with Crippen LogP contribution in [0, 0.1) is 0 Å². The molecular formula is C18H15Cl2N3O3. The van der Waals surface area contributed by atoms with Gasteiger partial charge in [-0.25, -0.2) is 0 Å². The second-order valence-corrected chi connectivity index (χ2v) is 6.47. The Labute approximate surface area is 159 Å². The molecule has 0 fully saturated rings. The van der Waals surface area contributed by atoms with Crippen LogP contribution in [0.3, 0.4) is 0 Å². The predicted octanol–water partition coefficient (Wildman–Crippen LogP) is 5.27. The van der Waals surface area contributed by atoms with Gasteiger partial charge in [-0.05, 0) is 31.2 Å². The lowest BCUT2D eigenvalue weighted by Crippen LogP contribution is -2.21. The Bertz CT molecular complexity index is 1010. The van der Waals surface area contributed by atoms with Crippen molar-refractivity contribution in [3.05, 3.63) is 52.5 Å². The lowest BCUT2D eigenvalue weighted by atomic mass is 10.2. The molecule has 0 unspecified atom stereocenters. The van der Waals surface area contributed by atoms with E-state index in [-0.39, 0.29) is 11.6 Å². The number of carbonyl (C=O) groups is 1.